The predicted molar refractivity (Wildman–Crippen MR) is 111 cm³/mol. The Morgan fingerprint density at radius 1 is 1.00 bits per heavy atom. The quantitative estimate of drug-likeness (QED) is 0.578. The Kier molecular flexibility index (Phi) is 7.17. The molecule has 1 amide bonds. The Balaban J connectivity index is 2.25. The minimum Gasteiger partial charge on any atom is -0.325 e. The summed E-state index contributed by atoms with van der Waals surface area (Å²) in [5.41, 5.74) is 1.11. The molecule has 2 rings (SSSR count). The van der Waals surface area contributed by atoms with E-state index in [0.29, 0.717) is 0 Å². The summed E-state index contributed by atoms with van der Waals surface area (Å²) in [6.07, 6.45) is 0.256. The molecule has 2 aromatic carbocycles. The molecule has 10 heteroatoms. The lowest BCUT2D eigenvalue weighted by Gasteiger charge is -2.20. The van der Waals surface area contributed by atoms with Gasteiger partial charge in [-0.05, 0) is 49.6 Å². The van der Waals surface area contributed by atoms with Gasteiger partial charge in [0, 0.05) is 5.69 Å². The smallest absolute Gasteiger partial charge is 0.242 e. The van der Waals surface area contributed by atoms with Crippen LogP contribution in [0, 0.1) is 12.8 Å². The minimum absolute atomic E-state index is 0.0298. The maximum absolute atomic E-state index is 12.8. The van der Waals surface area contributed by atoms with E-state index in [0.717, 1.165) is 5.56 Å². The number of amides is 1. The summed E-state index contributed by atoms with van der Waals surface area (Å²) in [5, 5.41) is 7.67. The lowest BCUT2D eigenvalue weighted by atomic mass is 10.0. The third-order valence-corrected chi connectivity index (χ3v) is 6.48. The van der Waals surface area contributed by atoms with Crippen LogP contribution in [0.1, 0.15) is 25.8 Å². The van der Waals surface area contributed by atoms with Crippen LogP contribution in [0.15, 0.2) is 58.3 Å². The van der Waals surface area contributed by atoms with Gasteiger partial charge in [0.2, 0.25) is 26.0 Å². The molecule has 158 valence electrons. The van der Waals surface area contributed by atoms with Crippen molar-refractivity contribution in [1.82, 2.24) is 4.72 Å². The molecule has 2 aromatic rings. The van der Waals surface area contributed by atoms with E-state index >= 15 is 0 Å². The van der Waals surface area contributed by atoms with Crippen LogP contribution in [0.5, 0.6) is 0 Å². The Morgan fingerprint density at radius 2 is 1.62 bits per heavy atom. The Bertz CT molecular complexity index is 1080. The van der Waals surface area contributed by atoms with Crippen LogP contribution in [0.25, 0.3) is 0 Å². The van der Waals surface area contributed by atoms with Gasteiger partial charge in [0.25, 0.3) is 0 Å². The van der Waals surface area contributed by atoms with Crippen LogP contribution in [0.2, 0.25) is 0 Å². The first kappa shape index (κ1) is 23.0. The second-order valence-electron chi connectivity index (χ2n) is 7.18. The number of nitrogens with two attached hydrogens (primary N) is 1. The molecular formula is C19H25N3O5S2. The first-order valence-electron chi connectivity index (χ1n) is 8.91. The van der Waals surface area contributed by atoms with E-state index in [-0.39, 0.29) is 27.8 Å². The van der Waals surface area contributed by atoms with Crippen LogP contribution < -0.4 is 15.2 Å². The van der Waals surface area contributed by atoms with Crippen molar-refractivity contribution in [3.8, 4) is 0 Å². The highest BCUT2D eigenvalue weighted by atomic mass is 32.2. The van der Waals surface area contributed by atoms with E-state index in [9.17, 15) is 21.6 Å². The molecule has 0 fully saturated rings. The molecule has 0 spiro atoms. The fraction of sp³-hybridized carbons (Fsp3) is 0.316. The molecule has 0 aromatic heterocycles. The third kappa shape index (κ3) is 6.64. The van der Waals surface area contributed by atoms with Gasteiger partial charge in [-0.1, -0.05) is 37.6 Å². The first-order chi connectivity index (χ1) is 13.4. The maximum atomic E-state index is 12.8. The summed E-state index contributed by atoms with van der Waals surface area (Å²) in [7, 11) is -7.85. The van der Waals surface area contributed by atoms with Gasteiger partial charge < -0.3 is 5.32 Å². The van der Waals surface area contributed by atoms with Crippen molar-refractivity contribution in [3.63, 3.8) is 0 Å². The highest BCUT2D eigenvalue weighted by Gasteiger charge is 2.27. The largest absolute Gasteiger partial charge is 0.325 e. The van der Waals surface area contributed by atoms with Crippen LogP contribution in [-0.4, -0.2) is 28.8 Å². The second kappa shape index (κ2) is 9.04. The molecule has 0 radical (unpaired) electrons. The maximum Gasteiger partial charge on any atom is 0.242 e. The number of rotatable bonds is 8. The van der Waals surface area contributed by atoms with Crippen molar-refractivity contribution in [1.29, 1.82) is 0 Å². The van der Waals surface area contributed by atoms with E-state index in [4.69, 9.17) is 5.14 Å². The number of primary sulfonamides is 1. The monoisotopic (exact) mass is 439 g/mol. The van der Waals surface area contributed by atoms with E-state index in [1.807, 2.05) is 20.8 Å². The minimum atomic E-state index is -3.93. The zero-order valence-corrected chi connectivity index (χ0v) is 18.0. The molecule has 29 heavy (non-hydrogen) atoms. The number of sulfonamides is 2. The summed E-state index contributed by atoms with van der Waals surface area (Å²) in [6, 6.07) is 10.7. The second-order valence-corrected chi connectivity index (χ2v) is 10.5. The van der Waals surface area contributed by atoms with Crippen LogP contribution >= 0.6 is 0 Å². The number of nitrogens with one attached hydrogen (secondary N) is 2. The van der Waals surface area contributed by atoms with Crippen molar-refractivity contribution in [2.45, 2.75) is 43.0 Å². The fourth-order valence-corrected chi connectivity index (χ4v) is 4.40. The molecule has 0 saturated heterocycles. The zero-order valence-electron chi connectivity index (χ0n) is 16.4. The topological polar surface area (TPSA) is 135 Å². The molecular weight excluding hydrogens is 414 g/mol. The molecule has 0 aliphatic heterocycles. The molecule has 0 heterocycles. The van der Waals surface area contributed by atoms with Crippen molar-refractivity contribution in [3.05, 3.63) is 54.1 Å². The Hall–Kier alpha value is -2.27. The van der Waals surface area contributed by atoms with E-state index in [1.54, 1.807) is 12.1 Å². The molecule has 0 bridgehead atoms. The standard InChI is InChI=1S/C19H25N3O5S2/c1-13(2)11-18(22-29(26,27)16-9-7-14(3)8-10-16)19(23)21-15-5-4-6-17(12-15)28(20,24)25/h4-10,12-13,18,22H,11H2,1-3H3,(H,21,23)(H2,20,24,25)/t18-/m0/s1. The van der Waals surface area contributed by atoms with Crippen molar-refractivity contribution in [2.24, 2.45) is 11.1 Å². The van der Waals surface area contributed by atoms with Gasteiger partial charge in [-0.25, -0.2) is 22.0 Å². The van der Waals surface area contributed by atoms with Crippen molar-refractivity contribution < 1.29 is 21.6 Å². The number of carbonyl (C=O) groups excluding carboxylic acids is 1. The van der Waals surface area contributed by atoms with Crippen molar-refractivity contribution >= 4 is 31.6 Å². The molecule has 0 aliphatic carbocycles. The number of anilines is 1. The first-order valence-corrected chi connectivity index (χ1v) is 11.9. The van der Waals surface area contributed by atoms with Gasteiger partial charge in [0.15, 0.2) is 0 Å². The normalized spacial score (nSPS) is 13.3. The number of benzene rings is 2. The molecule has 0 unspecified atom stereocenters. The molecule has 1 atom stereocenters. The summed E-state index contributed by atoms with van der Waals surface area (Å²) in [4.78, 5) is 12.7. The summed E-state index contributed by atoms with van der Waals surface area (Å²) in [6.45, 7) is 5.57. The number of aryl methyl sites for hydroxylation is 1. The fourth-order valence-electron chi connectivity index (χ4n) is 2.63. The van der Waals surface area contributed by atoms with E-state index in [2.05, 4.69) is 10.0 Å². The number of carbonyl (C=O) groups is 1. The van der Waals surface area contributed by atoms with E-state index in [1.165, 1.54) is 36.4 Å². The van der Waals surface area contributed by atoms with Gasteiger partial charge in [-0.3, -0.25) is 4.79 Å². The molecule has 8 nitrogen and oxygen atoms in total. The highest BCUT2D eigenvalue weighted by molar-refractivity contribution is 7.89. The van der Waals surface area contributed by atoms with Gasteiger partial charge >= 0.3 is 0 Å². The van der Waals surface area contributed by atoms with Gasteiger partial charge in [-0.2, -0.15) is 4.72 Å². The van der Waals surface area contributed by atoms with Gasteiger partial charge in [0.05, 0.1) is 9.79 Å². The predicted octanol–water partition coefficient (Wildman–Crippen LogP) is 1.97. The van der Waals surface area contributed by atoms with Crippen LogP contribution in [-0.2, 0) is 24.8 Å². The summed E-state index contributed by atoms with van der Waals surface area (Å²) < 4.78 is 50.8. The summed E-state index contributed by atoms with van der Waals surface area (Å²) in [5.74, 6) is -0.567. The van der Waals surface area contributed by atoms with Crippen LogP contribution in [0.3, 0.4) is 0 Å². The highest BCUT2D eigenvalue weighted by Crippen LogP contribution is 2.17. The number of hydrogen-bond acceptors (Lipinski definition) is 5. The Labute approximate surface area is 171 Å². The third-order valence-electron chi connectivity index (χ3n) is 4.08. The summed E-state index contributed by atoms with van der Waals surface area (Å²) >= 11 is 0. The van der Waals surface area contributed by atoms with Crippen LogP contribution in [0.4, 0.5) is 5.69 Å². The Morgan fingerprint density at radius 3 is 2.17 bits per heavy atom. The zero-order chi connectivity index (χ0) is 21.8. The SMILES string of the molecule is Cc1ccc(S(=O)(=O)N[C@@H](CC(C)C)C(=O)Nc2cccc(S(N)(=O)=O)c2)cc1. The average molecular weight is 440 g/mol. The lowest BCUT2D eigenvalue weighted by Crippen LogP contribution is -2.44. The molecule has 0 saturated carbocycles. The van der Waals surface area contributed by atoms with Gasteiger partial charge in [0.1, 0.15) is 6.04 Å². The lowest BCUT2D eigenvalue weighted by molar-refractivity contribution is -0.118. The number of hydrogen-bond donors (Lipinski definition) is 3. The van der Waals surface area contributed by atoms with Crippen molar-refractivity contribution in [2.75, 3.05) is 5.32 Å². The van der Waals surface area contributed by atoms with E-state index < -0.39 is 32.0 Å². The average Bonchev–Trinajstić information content (AvgIpc) is 2.60. The molecule has 0 aliphatic rings. The van der Waals surface area contributed by atoms with Gasteiger partial charge in [-0.15, -0.1) is 0 Å². The molecule has 4 N–H and O–H groups in total.